The predicted octanol–water partition coefficient (Wildman–Crippen LogP) is 1.39. The monoisotopic (exact) mass is 300 g/mol. The highest BCUT2D eigenvalue weighted by atomic mass is 15.3. The fourth-order valence-electron chi connectivity index (χ4n) is 3.54. The summed E-state index contributed by atoms with van der Waals surface area (Å²) in [5, 5.41) is 15.9. The summed E-state index contributed by atoms with van der Waals surface area (Å²) in [4.78, 5) is 2.49. The Kier molecular flexibility index (Phi) is 3.50. The molecule has 6 nitrogen and oxygen atoms in total. The van der Waals surface area contributed by atoms with E-state index < -0.39 is 0 Å². The first-order valence-corrected chi connectivity index (χ1v) is 8.25. The number of aromatic nitrogens is 4. The number of aromatic amines is 1. The molecule has 0 amide bonds. The third-order valence-corrected chi connectivity index (χ3v) is 4.70. The maximum Gasteiger partial charge on any atom is 0.0768 e. The van der Waals surface area contributed by atoms with E-state index in [0.29, 0.717) is 5.92 Å². The maximum atomic E-state index is 4.76. The number of hydrogen-bond acceptors (Lipinski definition) is 4. The van der Waals surface area contributed by atoms with E-state index in [-0.39, 0.29) is 0 Å². The summed E-state index contributed by atoms with van der Waals surface area (Å²) >= 11 is 0. The molecule has 2 aliphatic rings. The Bertz CT molecular complexity index is 645. The maximum absolute atomic E-state index is 4.76. The first-order chi connectivity index (χ1) is 10.7. The average Bonchev–Trinajstić information content (AvgIpc) is 3.09. The van der Waals surface area contributed by atoms with Gasteiger partial charge in [-0.3, -0.25) is 14.7 Å². The summed E-state index contributed by atoms with van der Waals surface area (Å²) < 4.78 is 2.15. The van der Waals surface area contributed by atoms with Crippen molar-refractivity contribution in [2.75, 3.05) is 13.1 Å². The zero-order valence-electron chi connectivity index (χ0n) is 13.4. The van der Waals surface area contributed by atoms with Crippen molar-refractivity contribution in [3.63, 3.8) is 0 Å². The molecule has 0 atom stereocenters. The highest BCUT2D eigenvalue weighted by Crippen LogP contribution is 2.26. The largest absolute Gasteiger partial charge is 0.309 e. The lowest BCUT2D eigenvalue weighted by molar-refractivity contribution is 0.240. The number of hydrogen-bond donors (Lipinski definition) is 2. The van der Waals surface area contributed by atoms with Crippen LogP contribution < -0.4 is 5.32 Å². The molecule has 0 fully saturated rings. The van der Waals surface area contributed by atoms with Crippen LogP contribution in [-0.2, 0) is 32.6 Å². The first kappa shape index (κ1) is 14.0. The lowest BCUT2D eigenvalue weighted by Crippen LogP contribution is -2.30. The van der Waals surface area contributed by atoms with Crippen LogP contribution in [0.3, 0.4) is 0 Å². The van der Waals surface area contributed by atoms with Crippen molar-refractivity contribution in [2.24, 2.45) is 0 Å². The van der Waals surface area contributed by atoms with Gasteiger partial charge in [-0.1, -0.05) is 13.8 Å². The average molecular weight is 300 g/mol. The van der Waals surface area contributed by atoms with E-state index in [4.69, 9.17) is 5.10 Å². The van der Waals surface area contributed by atoms with Gasteiger partial charge >= 0.3 is 0 Å². The molecule has 6 heteroatoms. The fourth-order valence-corrected chi connectivity index (χ4v) is 3.54. The normalized spacial score (nSPS) is 18.5. The van der Waals surface area contributed by atoms with Gasteiger partial charge in [0.25, 0.3) is 0 Å². The highest BCUT2D eigenvalue weighted by Gasteiger charge is 2.24. The first-order valence-electron chi connectivity index (χ1n) is 8.25. The molecule has 0 saturated heterocycles. The summed E-state index contributed by atoms with van der Waals surface area (Å²) in [6.45, 7) is 10.4. The number of nitrogens with one attached hydrogen (secondary N) is 2. The van der Waals surface area contributed by atoms with Crippen molar-refractivity contribution in [2.45, 2.75) is 52.4 Å². The lowest BCUT2D eigenvalue weighted by Gasteiger charge is -2.26. The Morgan fingerprint density at radius 2 is 2.23 bits per heavy atom. The molecule has 0 spiro atoms. The van der Waals surface area contributed by atoms with Crippen LogP contribution in [-0.4, -0.2) is 38.0 Å². The lowest BCUT2D eigenvalue weighted by atomic mass is 9.99. The standard InChI is InChI=1S/C16H24N6/c1-11(2)16-14-10-21(5-3-15(14)18-19-16)9-12-7-13-8-17-4-6-22(13)20-12/h7,11,17H,3-6,8-10H2,1-2H3,(H,18,19). The van der Waals surface area contributed by atoms with Gasteiger partial charge < -0.3 is 5.32 Å². The zero-order valence-corrected chi connectivity index (χ0v) is 13.4. The quantitative estimate of drug-likeness (QED) is 0.899. The molecule has 0 aliphatic carbocycles. The van der Waals surface area contributed by atoms with E-state index in [1.807, 2.05) is 0 Å². The molecule has 4 rings (SSSR count). The third kappa shape index (κ3) is 2.46. The molecule has 0 saturated carbocycles. The van der Waals surface area contributed by atoms with Crippen LogP contribution in [0.1, 0.15) is 48.1 Å². The summed E-state index contributed by atoms with van der Waals surface area (Å²) in [6, 6.07) is 2.25. The van der Waals surface area contributed by atoms with Gasteiger partial charge in [0.05, 0.1) is 23.6 Å². The molecule has 2 aromatic heterocycles. The van der Waals surface area contributed by atoms with Gasteiger partial charge in [-0.2, -0.15) is 10.2 Å². The molecule has 0 radical (unpaired) electrons. The van der Waals surface area contributed by atoms with E-state index in [2.05, 4.69) is 45.0 Å². The van der Waals surface area contributed by atoms with Crippen molar-refractivity contribution in [3.8, 4) is 0 Å². The molecule has 2 aliphatic heterocycles. The fraction of sp³-hybridized carbons (Fsp3) is 0.625. The Hall–Kier alpha value is -1.66. The van der Waals surface area contributed by atoms with Crippen LogP contribution >= 0.6 is 0 Å². The van der Waals surface area contributed by atoms with Gasteiger partial charge in [-0.05, 0) is 12.0 Å². The molecular weight excluding hydrogens is 276 g/mol. The van der Waals surface area contributed by atoms with Crippen LogP contribution in [0, 0.1) is 0 Å². The van der Waals surface area contributed by atoms with Gasteiger partial charge in [-0.25, -0.2) is 0 Å². The smallest absolute Gasteiger partial charge is 0.0768 e. The van der Waals surface area contributed by atoms with Gasteiger partial charge in [0.15, 0.2) is 0 Å². The van der Waals surface area contributed by atoms with Crippen LogP contribution in [0.15, 0.2) is 6.07 Å². The second kappa shape index (κ2) is 5.52. The van der Waals surface area contributed by atoms with Crippen LogP contribution in [0.25, 0.3) is 0 Å². The molecule has 2 aromatic rings. The number of fused-ring (bicyclic) bond motifs is 2. The Labute approximate surface area is 130 Å². The van der Waals surface area contributed by atoms with E-state index in [1.165, 1.54) is 28.3 Å². The molecule has 4 heterocycles. The second-order valence-electron chi connectivity index (χ2n) is 6.71. The highest BCUT2D eigenvalue weighted by molar-refractivity contribution is 5.29. The van der Waals surface area contributed by atoms with Gasteiger partial charge in [-0.15, -0.1) is 0 Å². The van der Waals surface area contributed by atoms with E-state index >= 15 is 0 Å². The van der Waals surface area contributed by atoms with E-state index in [0.717, 1.165) is 45.7 Å². The van der Waals surface area contributed by atoms with Crippen molar-refractivity contribution in [1.29, 1.82) is 0 Å². The molecule has 0 bridgehead atoms. The van der Waals surface area contributed by atoms with Crippen LogP contribution in [0.4, 0.5) is 0 Å². The van der Waals surface area contributed by atoms with E-state index in [1.54, 1.807) is 0 Å². The minimum absolute atomic E-state index is 0.478. The third-order valence-electron chi connectivity index (χ3n) is 4.70. The number of nitrogens with zero attached hydrogens (tertiary/aromatic N) is 4. The summed E-state index contributed by atoms with van der Waals surface area (Å²) in [5.41, 5.74) is 6.47. The zero-order chi connectivity index (χ0) is 15.1. The van der Waals surface area contributed by atoms with Gasteiger partial charge in [0.1, 0.15) is 0 Å². The van der Waals surface area contributed by atoms with Crippen molar-refractivity contribution in [3.05, 3.63) is 34.4 Å². The molecule has 0 aromatic carbocycles. The molecule has 118 valence electrons. The summed E-state index contributed by atoms with van der Waals surface area (Å²) in [7, 11) is 0. The van der Waals surface area contributed by atoms with E-state index in [9.17, 15) is 0 Å². The van der Waals surface area contributed by atoms with Gasteiger partial charge in [0.2, 0.25) is 0 Å². The Morgan fingerprint density at radius 3 is 3.05 bits per heavy atom. The number of rotatable bonds is 3. The van der Waals surface area contributed by atoms with Crippen molar-refractivity contribution in [1.82, 2.24) is 30.2 Å². The van der Waals surface area contributed by atoms with Crippen LogP contribution in [0.5, 0.6) is 0 Å². The molecular formula is C16H24N6. The minimum atomic E-state index is 0.478. The molecule has 22 heavy (non-hydrogen) atoms. The molecule has 2 N–H and O–H groups in total. The minimum Gasteiger partial charge on any atom is -0.309 e. The topological polar surface area (TPSA) is 61.8 Å². The van der Waals surface area contributed by atoms with Gasteiger partial charge in [0, 0.05) is 50.4 Å². The Morgan fingerprint density at radius 1 is 1.32 bits per heavy atom. The van der Waals surface area contributed by atoms with Crippen LogP contribution in [0.2, 0.25) is 0 Å². The SMILES string of the molecule is CC(C)c1n[nH]c2c1CN(Cc1cc3n(n1)CCNC3)CC2. The second-order valence-corrected chi connectivity index (χ2v) is 6.71. The summed E-state index contributed by atoms with van der Waals surface area (Å²) in [6.07, 6.45) is 1.06. The van der Waals surface area contributed by atoms with Crippen molar-refractivity contribution < 1.29 is 0 Å². The molecule has 0 unspecified atom stereocenters. The van der Waals surface area contributed by atoms with Crippen molar-refractivity contribution >= 4 is 0 Å². The predicted molar refractivity (Wildman–Crippen MR) is 84.4 cm³/mol. The number of H-pyrrole nitrogens is 1. The summed E-state index contributed by atoms with van der Waals surface area (Å²) in [5.74, 6) is 0.478. The Balaban J connectivity index is 1.50.